The molecule has 1 atom stereocenters. The summed E-state index contributed by atoms with van der Waals surface area (Å²) < 4.78 is 7.61. The first-order valence-electron chi connectivity index (χ1n) is 8.17. The van der Waals surface area contributed by atoms with Crippen LogP contribution in [0.2, 0.25) is 5.02 Å². The van der Waals surface area contributed by atoms with Gasteiger partial charge < -0.3 is 10.1 Å². The van der Waals surface area contributed by atoms with Gasteiger partial charge in [0.2, 0.25) is 0 Å². The monoisotopic (exact) mass is 342 g/mol. The summed E-state index contributed by atoms with van der Waals surface area (Å²) in [6.07, 6.45) is 4.61. The zero-order valence-corrected chi connectivity index (χ0v) is 14.0. The van der Waals surface area contributed by atoms with Crippen LogP contribution in [0.3, 0.4) is 0 Å². The van der Waals surface area contributed by atoms with Crippen LogP contribution in [0, 0.1) is 5.92 Å². The predicted molar refractivity (Wildman–Crippen MR) is 94.3 cm³/mol. The van der Waals surface area contributed by atoms with Crippen molar-refractivity contribution in [3.8, 4) is 11.4 Å². The quantitative estimate of drug-likeness (QED) is 0.795. The van der Waals surface area contributed by atoms with E-state index in [1.54, 1.807) is 0 Å². The normalized spacial score (nSPS) is 18.6. The van der Waals surface area contributed by atoms with Gasteiger partial charge in [0.25, 0.3) is 0 Å². The summed E-state index contributed by atoms with van der Waals surface area (Å²) in [6, 6.07) is 9.88. The maximum Gasteiger partial charge on any atom is 0.137 e. The van der Waals surface area contributed by atoms with Crippen molar-refractivity contribution in [2.45, 2.75) is 6.42 Å². The SMILES string of the molecule is Clc1ccc2ncc(-c3cccc(CC4CNCCOC4)n3)n2c1. The minimum atomic E-state index is 0.451. The summed E-state index contributed by atoms with van der Waals surface area (Å²) in [6.45, 7) is 3.46. The molecule has 6 heteroatoms. The Morgan fingerprint density at radius 2 is 2.25 bits per heavy atom. The number of halogens is 1. The Morgan fingerprint density at radius 3 is 3.21 bits per heavy atom. The molecule has 0 aromatic carbocycles. The summed E-state index contributed by atoms with van der Waals surface area (Å²) in [5.74, 6) is 0.451. The molecule has 0 saturated carbocycles. The predicted octanol–water partition coefficient (Wildman–Crippen LogP) is 2.83. The van der Waals surface area contributed by atoms with Crippen LogP contribution < -0.4 is 5.32 Å². The van der Waals surface area contributed by atoms with Gasteiger partial charge in [-0.25, -0.2) is 4.98 Å². The van der Waals surface area contributed by atoms with Gasteiger partial charge in [-0.3, -0.25) is 9.38 Å². The molecule has 3 aromatic rings. The Bertz CT molecular complexity index is 840. The van der Waals surface area contributed by atoms with E-state index in [4.69, 9.17) is 21.3 Å². The second-order valence-electron chi connectivity index (χ2n) is 6.08. The van der Waals surface area contributed by atoms with Crippen molar-refractivity contribution < 1.29 is 4.74 Å². The van der Waals surface area contributed by atoms with Gasteiger partial charge in [-0.2, -0.15) is 0 Å². The molecule has 0 radical (unpaired) electrons. The number of ether oxygens (including phenoxy) is 1. The maximum atomic E-state index is 6.12. The largest absolute Gasteiger partial charge is 0.380 e. The zero-order chi connectivity index (χ0) is 16.4. The average molecular weight is 343 g/mol. The van der Waals surface area contributed by atoms with E-state index >= 15 is 0 Å². The Kier molecular flexibility index (Phi) is 4.47. The van der Waals surface area contributed by atoms with Crippen molar-refractivity contribution >= 4 is 17.2 Å². The molecule has 124 valence electrons. The van der Waals surface area contributed by atoms with Crippen molar-refractivity contribution in [3.05, 3.63) is 53.4 Å². The van der Waals surface area contributed by atoms with Crippen LogP contribution in [0.5, 0.6) is 0 Å². The Hall–Kier alpha value is -1.95. The van der Waals surface area contributed by atoms with E-state index in [0.717, 1.165) is 55.5 Å². The van der Waals surface area contributed by atoms with Crippen LogP contribution in [0.25, 0.3) is 17.0 Å². The lowest BCUT2D eigenvalue weighted by Gasteiger charge is -2.13. The number of aromatic nitrogens is 3. The third kappa shape index (κ3) is 3.29. The number of hydrogen-bond donors (Lipinski definition) is 1. The number of hydrogen-bond acceptors (Lipinski definition) is 4. The Labute approximate surface area is 145 Å². The molecule has 24 heavy (non-hydrogen) atoms. The van der Waals surface area contributed by atoms with Gasteiger partial charge >= 0.3 is 0 Å². The van der Waals surface area contributed by atoms with Gasteiger partial charge in [-0.05, 0) is 30.7 Å². The highest BCUT2D eigenvalue weighted by molar-refractivity contribution is 6.30. The fraction of sp³-hybridized carbons (Fsp3) is 0.333. The second-order valence-corrected chi connectivity index (χ2v) is 6.52. The summed E-state index contributed by atoms with van der Waals surface area (Å²) in [7, 11) is 0. The topological polar surface area (TPSA) is 51.5 Å². The molecule has 1 aliphatic rings. The first-order chi connectivity index (χ1) is 11.8. The van der Waals surface area contributed by atoms with E-state index in [9.17, 15) is 0 Å². The van der Waals surface area contributed by atoms with Gasteiger partial charge in [-0.1, -0.05) is 17.7 Å². The van der Waals surface area contributed by atoms with Gasteiger partial charge in [-0.15, -0.1) is 0 Å². The molecule has 0 aliphatic carbocycles. The van der Waals surface area contributed by atoms with E-state index in [1.807, 2.05) is 41.1 Å². The van der Waals surface area contributed by atoms with Gasteiger partial charge in [0, 0.05) is 30.9 Å². The van der Waals surface area contributed by atoms with Crippen LogP contribution in [0.15, 0.2) is 42.7 Å². The van der Waals surface area contributed by atoms with Crippen LogP contribution in [-0.2, 0) is 11.2 Å². The van der Waals surface area contributed by atoms with E-state index in [0.29, 0.717) is 10.9 Å². The fourth-order valence-electron chi connectivity index (χ4n) is 3.07. The number of imidazole rings is 1. The van der Waals surface area contributed by atoms with E-state index in [1.165, 1.54) is 0 Å². The van der Waals surface area contributed by atoms with Crippen molar-refractivity contribution in [2.75, 3.05) is 26.3 Å². The fourth-order valence-corrected chi connectivity index (χ4v) is 3.23. The second kappa shape index (κ2) is 6.89. The number of nitrogens with one attached hydrogen (secondary N) is 1. The lowest BCUT2D eigenvalue weighted by atomic mass is 10.0. The highest BCUT2D eigenvalue weighted by atomic mass is 35.5. The third-order valence-electron chi connectivity index (χ3n) is 4.25. The van der Waals surface area contributed by atoms with E-state index in [2.05, 4.69) is 16.4 Å². The molecular formula is C18H19ClN4O. The molecule has 0 spiro atoms. The minimum absolute atomic E-state index is 0.451. The third-order valence-corrected chi connectivity index (χ3v) is 4.47. The molecule has 1 N–H and O–H groups in total. The van der Waals surface area contributed by atoms with Crippen molar-refractivity contribution in [1.29, 1.82) is 0 Å². The number of nitrogens with zero attached hydrogens (tertiary/aromatic N) is 3. The highest BCUT2D eigenvalue weighted by Gasteiger charge is 2.15. The Morgan fingerprint density at radius 1 is 1.29 bits per heavy atom. The summed E-state index contributed by atoms with van der Waals surface area (Å²) in [4.78, 5) is 9.26. The number of pyridine rings is 2. The van der Waals surface area contributed by atoms with Crippen LogP contribution in [0.1, 0.15) is 5.69 Å². The van der Waals surface area contributed by atoms with Crippen molar-refractivity contribution in [3.63, 3.8) is 0 Å². The molecule has 3 aromatic heterocycles. The smallest absolute Gasteiger partial charge is 0.137 e. The van der Waals surface area contributed by atoms with Crippen molar-refractivity contribution in [2.24, 2.45) is 5.92 Å². The molecular weight excluding hydrogens is 324 g/mol. The molecule has 5 nitrogen and oxygen atoms in total. The summed E-state index contributed by atoms with van der Waals surface area (Å²) >= 11 is 6.12. The molecule has 4 rings (SSSR count). The van der Waals surface area contributed by atoms with Gasteiger partial charge in [0.05, 0.1) is 35.8 Å². The molecule has 1 unspecified atom stereocenters. The van der Waals surface area contributed by atoms with E-state index in [-0.39, 0.29) is 0 Å². The number of fused-ring (bicyclic) bond motifs is 1. The van der Waals surface area contributed by atoms with Crippen molar-refractivity contribution in [1.82, 2.24) is 19.7 Å². The maximum absolute atomic E-state index is 6.12. The molecule has 1 aliphatic heterocycles. The first kappa shape index (κ1) is 15.6. The minimum Gasteiger partial charge on any atom is -0.380 e. The zero-order valence-electron chi connectivity index (χ0n) is 13.3. The first-order valence-corrected chi connectivity index (χ1v) is 8.55. The summed E-state index contributed by atoms with van der Waals surface area (Å²) in [5.41, 5.74) is 3.79. The van der Waals surface area contributed by atoms with Crippen LogP contribution in [0.4, 0.5) is 0 Å². The molecule has 0 bridgehead atoms. The van der Waals surface area contributed by atoms with E-state index < -0.39 is 0 Å². The molecule has 1 fully saturated rings. The highest BCUT2D eigenvalue weighted by Crippen LogP contribution is 2.22. The standard InChI is InChI=1S/C18H19ClN4O/c19-14-4-5-18-21-10-17(23(18)11-14)16-3-1-2-15(22-16)8-13-9-20-6-7-24-12-13/h1-5,10-11,13,20H,6-9,12H2. The van der Waals surface area contributed by atoms with Gasteiger partial charge in [0.15, 0.2) is 0 Å². The van der Waals surface area contributed by atoms with Crippen LogP contribution in [-0.4, -0.2) is 40.7 Å². The molecule has 4 heterocycles. The lowest BCUT2D eigenvalue weighted by Crippen LogP contribution is -2.24. The average Bonchev–Trinajstić information content (AvgIpc) is 2.83. The number of rotatable bonds is 3. The lowest BCUT2D eigenvalue weighted by molar-refractivity contribution is 0.123. The van der Waals surface area contributed by atoms with Crippen LogP contribution >= 0.6 is 11.6 Å². The Balaban J connectivity index is 1.62. The molecule has 0 amide bonds. The van der Waals surface area contributed by atoms with Gasteiger partial charge in [0.1, 0.15) is 5.65 Å². The molecule has 1 saturated heterocycles. The summed E-state index contributed by atoms with van der Waals surface area (Å²) in [5, 5.41) is 4.09.